The highest BCUT2D eigenvalue weighted by molar-refractivity contribution is 5.85. The lowest BCUT2D eigenvalue weighted by Crippen LogP contribution is -2.36. The van der Waals surface area contributed by atoms with E-state index in [0.717, 1.165) is 17.5 Å². The smallest absolute Gasteiger partial charge is 0.254 e. The second-order valence-corrected chi connectivity index (χ2v) is 4.36. The Morgan fingerprint density at radius 3 is 2.81 bits per heavy atom. The number of carbonyl (C=O) groups excluding carboxylic acids is 1. The number of aliphatic hydroxyl groups is 2. The van der Waals surface area contributed by atoms with Gasteiger partial charge < -0.3 is 15.1 Å². The Morgan fingerprint density at radius 2 is 2.00 bits per heavy atom. The zero-order chi connectivity index (χ0) is 11.3. The summed E-state index contributed by atoms with van der Waals surface area (Å²) in [7, 11) is 0. The van der Waals surface area contributed by atoms with E-state index < -0.39 is 12.2 Å². The number of amides is 1. The Kier molecular flexibility index (Phi) is 2.02. The molecule has 2 heterocycles. The van der Waals surface area contributed by atoms with Crippen molar-refractivity contribution in [2.45, 2.75) is 24.7 Å². The van der Waals surface area contributed by atoms with E-state index in [1.807, 2.05) is 24.3 Å². The molecule has 0 spiro atoms. The van der Waals surface area contributed by atoms with Crippen molar-refractivity contribution < 1.29 is 15.0 Å². The van der Waals surface area contributed by atoms with Crippen LogP contribution in [-0.2, 0) is 11.2 Å². The minimum absolute atomic E-state index is 0.355. The Bertz CT molecular complexity index is 446. The van der Waals surface area contributed by atoms with Crippen LogP contribution in [0.3, 0.4) is 0 Å². The minimum atomic E-state index is -1.27. The number of carbonyl (C=O) groups is 1. The SMILES string of the molecule is O=C1[C@@H](O)[C@@H](O)[C@@H]2c3ccccc3CCN12. The average molecular weight is 219 g/mol. The number of hydrogen-bond acceptors (Lipinski definition) is 3. The highest BCUT2D eigenvalue weighted by atomic mass is 16.3. The lowest BCUT2D eigenvalue weighted by molar-refractivity contribution is -0.136. The second-order valence-electron chi connectivity index (χ2n) is 4.36. The third kappa shape index (κ3) is 1.14. The first-order chi connectivity index (χ1) is 7.70. The zero-order valence-electron chi connectivity index (χ0n) is 8.71. The summed E-state index contributed by atoms with van der Waals surface area (Å²) in [6, 6.07) is 7.40. The molecule has 2 aliphatic heterocycles. The Balaban J connectivity index is 2.10. The molecule has 1 aromatic rings. The summed E-state index contributed by atoms with van der Waals surface area (Å²) >= 11 is 0. The Hall–Kier alpha value is -1.39. The molecule has 0 aromatic heterocycles. The molecular weight excluding hydrogens is 206 g/mol. The molecule has 0 saturated carbocycles. The molecule has 0 bridgehead atoms. The van der Waals surface area contributed by atoms with Crippen molar-refractivity contribution in [3.8, 4) is 0 Å². The first kappa shape index (κ1) is 9.81. The van der Waals surface area contributed by atoms with Gasteiger partial charge in [-0.15, -0.1) is 0 Å². The standard InChI is InChI=1S/C12H13NO3/c14-10-9-8-4-2-1-3-7(8)5-6-13(9)12(16)11(10)15/h1-4,9-11,14-15H,5-6H2/t9-,10-,11-/m0/s1. The Labute approximate surface area is 93.1 Å². The number of rotatable bonds is 0. The summed E-state index contributed by atoms with van der Waals surface area (Å²) in [6.45, 7) is 0.578. The molecule has 1 saturated heterocycles. The van der Waals surface area contributed by atoms with Crippen LogP contribution in [0.2, 0.25) is 0 Å². The molecule has 0 aliphatic carbocycles. The molecule has 2 N–H and O–H groups in total. The van der Waals surface area contributed by atoms with Gasteiger partial charge in [-0.05, 0) is 17.5 Å². The maximum absolute atomic E-state index is 11.7. The summed E-state index contributed by atoms with van der Waals surface area (Å²) < 4.78 is 0. The van der Waals surface area contributed by atoms with Crippen molar-refractivity contribution in [2.24, 2.45) is 0 Å². The molecule has 3 rings (SSSR count). The van der Waals surface area contributed by atoms with Crippen LogP contribution in [0, 0.1) is 0 Å². The van der Waals surface area contributed by atoms with Crippen LogP contribution in [-0.4, -0.2) is 39.8 Å². The summed E-state index contributed by atoms with van der Waals surface area (Å²) in [5.74, 6) is -0.355. The van der Waals surface area contributed by atoms with Crippen molar-refractivity contribution in [2.75, 3.05) is 6.54 Å². The third-order valence-corrected chi connectivity index (χ3v) is 3.51. The predicted molar refractivity (Wildman–Crippen MR) is 56.6 cm³/mol. The fraction of sp³-hybridized carbons (Fsp3) is 0.417. The number of fused-ring (bicyclic) bond motifs is 3. The highest BCUT2D eigenvalue weighted by Gasteiger charge is 2.48. The maximum atomic E-state index is 11.7. The van der Waals surface area contributed by atoms with E-state index in [0.29, 0.717) is 6.54 Å². The normalized spacial score (nSPS) is 32.5. The van der Waals surface area contributed by atoms with E-state index in [-0.39, 0.29) is 11.9 Å². The van der Waals surface area contributed by atoms with Gasteiger partial charge in [0.25, 0.3) is 5.91 Å². The molecule has 0 unspecified atom stereocenters. The lowest BCUT2D eigenvalue weighted by Gasteiger charge is -2.32. The van der Waals surface area contributed by atoms with Gasteiger partial charge in [0.2, 0.25) is 0 Å². The molecular formula is C12H13NO3. The summed E-state index contributed by atoms with van der Waals surface area (Å²) in [6.07, 6.45) is -1.48. The van der Waals surface area contributed by atoms with Gasteiger partial charge in [-0.2, -0.15) is 0 Å². The van der Waals surface area contributed by atoms with Gasteiger partial charge in [-0.1, -0.05) is 24.3 Å². The van der Waals surface area contributed by atoms with Crippen molar-refractivity contribution in [3.63, 3.8) is 0 Å². The first-order valence-corrected chi connectivity index (χ1v) is 5.44. The quantitative estimate of drug-likeness (QED) is 0.638. The van der Waals surface area contributed by atoms with Gasteiger partial charge in [0.1, 0.15) is 6.10 Å². The second kappa shape index (κ2) is 3.30. The zero-order valence-corrected chi connectivity index (χ0v) is 8.71. The van der Waals surface area contributed by atoms with Crippen LogP contribution in [0.4, 0.5) is 0 Å². The molecule has 2 aliphatic rings. The van der Waals surface area contributed by atoms with Crippen molar-refractivity contribution in [1.82, 2.24) is 4.90 Å². The molecule has 1 aromatic carbocycles. The number of aliphatic hydroxyl groups excluding tert-OH is 2. The molecule has 84 valence electrons. The molecule has 3 atom stereocenters. The van der Waals surface area contributed by atoms with Crippen LogP contribution < -0.4 is 0 Å². The maximum Gasteiger partial charge on any atom is 0.254 e. The molecule has 1 fully saturated rings. The van der Waals surface area contributed by atoms with E-state index in [2.05, 4.69) is 0 Å². The molecule has 4 heteroatoms. The fourth-order valence-corrected chi connectivity index (χ4v) is 2.70. The monoisotopic (exact) mass is 219 g/mol. The topological polar surface area (TPSA) is 60.8 Å². The van der Waals surface area contributed by atoms with E-state index in [9.17, 15) is 15.0 Å². The minimum Gasteiger partial charge on any atom is -0.387 e. The van der Waals surface area contributed by atoms with Crippen LogP contribution >= 0.6 is 0 Å². The van der Waals surface area contributed by atoms with Gasteiger partial charge >= 0.3 is 0 Å². The van der Waals surface area contributed by atoms with Gasteiger partial charge in [0.05, 0.1) is 6.04 Å². The van der Waals surface area contributed by atoms with Crippen LogP contribution in [0.15, 0.2) is 24.3 Å². The molecule has 0 radical (unpaired) electrons. The van der Waals surface area contributed by atoms with Gasteiger partial charge in [0.15, 0.2) is 6.10 Å². The van der Waals surface area contributed by atoms with Gasteiger partial charge in [-0.25, -0.2) is 0 Å². The average Bonchev–Trinajstić information content (AvgIpc) is 2.55. The fourth-order valence-electron chi connectivity index (χ4n) is 2.70. The molecule has 16 heavy (non-hydrogen) atoms. The summed E-state index contributed by atoms with van der Waals surface area (Å²) in [5.41, 5.74) is 2.12. The molecule has 1 amide bonds. The van der Waals surface area contributed by atoms with Crippen molar-refractivity contribution in [3.05, 3.63) is 35.4 Å². The van der Waals surface area contributed by atoms with E-state index in [1.165, 1.54) is 0 Å². The molecule has 4 nitrogen and oxygen atoms in total. The van der Waals surface area contributed by atoms with Gasteiger partial charge in [0, 0.05) is 6.54 Å². The van der Waals surface area contributed by atoms with Gasteiger partial charge in [-0.3, -0.25) is 4.79 Å². The summed E-state index contributed by atoms with van der Waals surface area (Å²) in [5, 5.41) is 19.5. The van der Waals surface area contributed by atoms with Crippen molar-refractivity contribution in [1.29, 1.82) is 0 Å². The summed E-state index contributed by atoms with van der Waals surface area (Å²) in [4.78, 5) is 13.3. The first-order valence-electron chi connectivity index (χ1n) is 5.44. The number of benzene rings is 1. The van der Waals surface area contributed by atoms with Crippen molar-refractivity contribution >= 4 is 5.91 Å². The van der Waals surface area contributed by atoms with E-state index >= 15 is 0 Å². The van der Waals surface area contributed by atoms with E-state index in [1.54, 1.807) is 4.90 Å². The van der Waals surface area contributed by atoms with Crippen LogP contribution in [0.1, 0.15) is 17.2 Å². The number of nitrogens with zero attached hydrogens (tertiary/aromatic N) is 1. The van der Waals surface area contributed by atoms with Crippen LogP contribution in [0.25, 0.3) is 0 Å². The lowest BCUT2D eigenvalue weighted by atomic mass is 9.91. The van der Waals surface area contributed by atoms with E-state index in [4.69, 9.17) is 0 Å². The largest absolute Gasteiger partial charge is 0.387 e. The predicted octanol–water partition coefficient (Wildman–Crippen LogP) is -0.152. The Morgan fingerprint density at radius 1 is 1.25 bits per heavy atom. The number of hydrogen-bond donors (Lipinski definition) is 2. The van der Waals surface area contributed by atoms with Crippen LogP contribution in [0.5, 0.6) is 0 Å². The highest BCUT2D eigenvalue weighted by Crippen LogP contribution is 2.38. The third-order valence-electron chi connectivity index (χ3n) is 3.51.